The topological polar surface area (TPSA) is 152 Å². The average Bonchev–Trinajstić information content (AvgIpc) is 2.36. The number of pyridine rings is 1. The molecule has 3 N–H and O–H groups in total. The number of anilines is 1. The van der Waals surface area contributed by atoms with E-state index in [-0.39, 0.29) is 24.5 Å². The van der Waals surface area contributed by atoms with Crippen LogP contribution in [0.5, 0.6) is 0 Å². The van der Waals surface area contributed by atoms with Crippen molar-refractivity contribution in [2.75, 3.05) is 24.7 Å². The number of hydrogen-bond donors (Lipinski definition) is 3. The van der Waals surface area contributed by atoms with Crippen LogP contribution in [0.2, 0.25) is 0 Å². The molecule has 0 amide bonds. The molecule has 0 unspecified atom stereocenters. The van der Waals surface area contributed by atoms with Crippen molar-refractivity contribution in [2.45, 2.75) is 6.42 Å². The third kappa shape index (κ3) is 5.71. The summed E-state index contributed by atoms with van der Waals surface area (Å²) in [5.74, 6) is -1.35. The summed E-state index contributed by atoms with van der Waals surface area (Å²) in [6.45, 7) is 0.439. The Bertz CT molecular complexity index is 645. The van der Waals surface area contributed by atoms with Crippen LogP contribution in [-0.4, -0.2) is 48.7 Å². The highest BCUT2D eigenvalue weighted by Gasteiger charge is 2.17. The van der Waals surface area contributed by atoms with Crippen LogP contribution in [0.1, 0.15) is 16.8 Å². The third-order valence-corrected chi connectivity index (χ3v) is 3.05. The van der Waals surface area contributed by atoms with Crippen LogP contribution in [0.4, 0.5) is 11.5 Å². The first-order chi connectivity index (χ1) is 9.70. The Labute approximate surface area is 120 Å². The molecule has 0 aliphatic rings. The summed E-state index contributed by atoms with van der Waals surface area (Å²) in [5.41, 5.74) is -0.739. The molecule has 0 aliphatic carbocycles. The zero-order valence-corrected chi connectivity index (χ0v) is 11.9. The molecule has 0 fully saturated rings. The first-order valence-electron chi connectivity index (χ1n) is 5.77. The van der Waals surface area contributed by atoms with Gasteiger partial charge in [-0.15, -0.1) is 0 Å². The van der Waals surface area contributed by atoms with Gasteiger partial charge in [0, 0.05) is 19.2 Å². The molecule has 116 valence electrons. The monoisotopic (exact) mass is 318 g/mol. The fourth-order valence-corrected chi connectivity index (χ4v) is 1.93. The normalized spacial score (nSPS) is 11.1. The number of carboxylic acid groups (broad SMARTS) is 1. The molecule has 0 spiro atoms. The van der Waals surface area contributed by atoms with Gasteiger partial charge in [0.2, 0.25) is 10.0 Å². The van der Waals surface area contributed by atoms with E-state index in [9.17, 15) is 23.3 Å². The third-order valence-electron chi connectivity index (χ3n) is 2.32. The molecular weight excluding hydrogens is 304 g/mol. The van der Waals surface area contributed by atoms with E-state index in [0.29, 0.717) is 6.42 Å². The Morgan fingerprint density at radius 3 is 2.67 bits per heavy atom. The molecule has 0 saturated heterocycles. The number of nitrogens with one attached hydrogen (secondary N) is 2. The fourth-order valence-electron chi connectivity index (χ4n) is 1.41. The van der Waals surface area contributed by atoms with Gasteiger partial charge in [0.15, 0.2) is 0 Å². The maximum absolute atomic E-state index is 11.0. The first kappa shape index (κ1) is 16.8. The average molecular weight is 318 g/mol. The van der Waals surface area contributed by atoms with Gasteiger partial charge < -0.3 is 10.4 Å². The largest absolute Gasteiger partial charge is 0.478 e. The van der Waals surface area contributed by atoms with Gasteiger partial charge in [0.1, 0.15) is 17.6 Å². The molecule has 1 aromatic rings. The number of carboxylic acids is 1. The first-order valence-corrected chi connectivity index (χ1v) is 7.66. The minimum absolute atomic E-state index is 0.00699. The Hall–Kier alpha value is -2.27. The lowest BCUT2D eigenvalue weighted by atomic mass is 10.2. The van der Waals surface area contributed by atoms with Crippen molar-refractivity contribution < 1.29 is 23.2 Å². The summed E-state index contributed by atoms with van der Waals surface area (Å²) in [6.07, 6.45) is 2.37. The van der Waals surface area contributed by atoms with E-state index >= 15 is 0 Å². The minimum atomic E-state index is -3.27. The molecule has 21 heavy (non-hydrogen) atoms. The second-order valence-corrected chi connectivity index (χ2v) is 5.93. The number of nitro groups is 1. The van der Waals surface area contributed by atoms with Gasteiger partial charge in [-0.05, 0) is 6.42 Å². The predicted molar refractivity (Wildman–Crippen MR) is 73.8 cm³/mol. The van der Waals surface area contributed by atoms with E-state index in [4.69, 9.17) is 5.11 Å². The lowest BCUT2D eigenvalue weighted by molar-refractivity contribution is -0.385. The number of carbonyl (C=O) groups is 1. The highest BCUT2D eigenvalue weighted by molar-refractivity contribution is 7.88. The van der Waals surface area contributed by atoms with Crippen molar-refractivity contribution in [2.24, 2.45) is 0 Å². The molecule has 1 rings (SSSR count). The predicted octanol–water partition coefficient (Wildman–Crippen LogP) is 0.0392. The van der Waals surface area contributed by atoms with Gasteiger partial charge >= 0.3 is 5.97 Å². The van der Waals surface area contributed by atoms with E-state index in [2.05, 4.69) is 15.0 Å². The molecule has 1 heterocycles. The second kappa shape index (κ2) is 6.95. The second-order valence-electron chi connectivity index (χ2n) is 4.10. The molecule has 0 atom stereocenters. The smallest absolute Gasteiger partial charge is 0.339 e. The number of rotatable bonds is 8. The Morgan fingerprint density at radius 1 is 1.48 bits per heavy atom. The SMILES string of the molecule is CS(=O)(=O)NCCCNc1ncc([N+](=O)[O-])cc1C(=O)O. The molecule has 1 aromatic heterocycles. The van der Waals surface area contributed by atoms with Crippen molar-refractivity contribution in [3.63, 3.8) is 0 Å². The van der Waals surface area contributed by atoms with Crippen molar-refractivity contribution in [1.29, 1.82) is 0 Å². The van der Waals surface area contributed by atoms with E-state index in [1.807, 2.05) is 0 Å². The Balaban J connectivity index is 2.66. The highest BCUT2D eigenvalue weighted by Crippen LogP contribution is 2.18. The molecule has 0 aliphatic heterocycles. The summed E-state index contributed by atoms with van der Waals surface area (Å²) in [7, 11) is -3.27. The van der Waals surface area contributed by atoms with Crippen LogP contribution in [0.3, 0.4) is 0 Å². The molecule has 0 aromatic carbocycles. The van der Waals surface area contributed by atoms with Crippen LogP contribution in [0.15, 0.2) is 12.3 Å². The maximum atomic E-state index is 11.0. The van der Waals surface area contributed by atoms with Gasteiger partial charge in [0.25, 0.3) is 5.69 Å². The van der Waals surface area contributed by atoms with Crippen LogP contribution in [-0.2, 0) is 10.0 Å². The summed E-state index contributed by atoms with van der Waals surface area (Å²) >= 11 is 0. The Morgan fingerprint density at radius 2 is 2.14 bits per heavy atom. The summed E-state index contributed by atoms with van der Waals surface area (Å²) in [5, 5.41) is 22.3. The quantitative estimate of drug-likeness (QED) is 0.345. The summed E-state index contributed by atoms with van der Waals surface area (Å²) < 4.78 is 23.9. The number of aromatic nitrogens is 1. The van der Waals surface area contributed by atoms with Crippen LogP contribution in [0.25, 0.3) is 0 Å². The van der Waals surface area contributed by atoms with Crippen molar-refractivity contribution in [3.8, 4) is 0 Å². The Kier molecular flexibility index (Phi) is 5.55. The van der Waals surface area contributed by atoms with Crippen LogP contribution < -0.4 is 10.0 Å². The van der Waals surface area contributed by atoms with Crippen LogP contribution >= 0.6 is 0 Å². The van der Waals surface area contributed by atoms with Crippen LogP contribution in [0, 0.1) is 10.1 Å². The summed E-state index contributed by atoms with van der Waals surface area (Å²) in [4.78, 5) is 24.5. The van der Waals surface area contributed by atoms with Gasteiger partial charge in [-0.3, -0.25) is 10.1 Å². The van der Waals surface area contributed by atoms with E-state index in [1.54, 1.807) is 0 Å². The zero-order chi connectivity index (χ0) is 16.0. The molecule has 11 heteroatoms. The van der Waals surface area contributed by atoms with E-state index in [0.717, 1.165) is 18.5 Å². The minimum Gasteiger partial charge on any atom is -0.478 e. The van der Waals surface area contributed by atoms with Crippen molar-refractivity contribution >= 4 is 27.5 Å². The van der Waals surface area contributed by atoms with Gasteiger partial charge in [-0.2, -0.15) is 0 Å². The van der Waals surface area contributed by atoms with Crippen molar-refractivity contribution in [1.82, 2.24) is 9.71 Å². The van der Waals surface area contributed by atoms with Crippen molar-refractivity contribution in [3.05, 3.63) is 27.9 Å². The number of hydrogen-bond acceptors (Lipinski definition) is 7. The van der Waals surface area contributed by atoms with Gasteiger partial charge in [-0.1, -0.05) is 0 Å². The molecule has 0 radical (unpaired) electrons. The standard InChI is InChI=1S/C10H14N4O6S/c1-21(19,20)13-4-2-3-11-9-8(10(15)16)5-7(6-12-9)14(17)18/h5-6,13H,2-4H2,1H3,(H,11,12)(H,15,16). The maximum Gasteiger partial charge on any atom is 0.339 e. The van der Waals surface area contributed by atoms with Gasteiger partial charge in [0.05, 0.1) is 11.2 Å². The van der Waals surface area contributed by atoms with E-state index < -0.39 is 26.6 Å². The lowest BCUT2D eigenvalue weighted by Gasteiger charge is -2.08. The molecule has 10 nitrogen and oxygen atoms in total. The lowest BCUT2D eigenvalue weighted by Crippen LogP contribution is -2.24. The fraction of sp³-hybridized carbons (Fsp3) is 0.400. The van der Waals surface area contributed by atoms with Gasteiger partial charge in [-0.25, -0.2) is 22.9 Å². The van der Waals surface area contributed by atoms with E-state index in [1.165, 1.54) is 0 Å². The zero-order valence-electron chi connectivity index (χ0n) is 11.1. The number of nitrogens with zero attached hydrogens (tertiary/aromatic N) is 2. The number of aromatic carboxylic acids is 1. The molecular formula is C10H14N4O6S. The summed E-state index contributed by atoms with van der Waals surface area (Å²) in [6, 6.07) is 0.909. The highest BCUT2D eigenvalue weighted by atomic mass is 32.2. The molecule has 0 saturated carbocycles. The molecule has 0 bridgehead atoms. The number of sulfonamides is 1.